The number of hydrogen-bond acceptors (Lipinski definition) is 5. The molecule has 1 aliphatic heterocycles. The van der Waals surface area contributed by atoms with E-state index in [2.05, 4.69) is 6.92 Å². The molecule has 20 heavy (non-hydrogen) atoms. The van der Waals surface area contributed by atoms with Gasteiger partial charge in [0.15, 0.2) is 6.29 Å². The summed E-state index contributed by atoms with van der Waals surface area (Å²) in [5, 5.41) is 8.69. The third-order valence-corrected chi connectivity index (χ3v) is 3.03. The van der Waals surface area contributed by atoms with Crippen molar-refractivity contribution in [2.75, 3.05) is 13.2 Å². The molecule has 1 aliphatic rings. The van der Waals surface area contributed by atoms with Gasteiger partial charge in [-0.3, -0.25) is 4.79 Å². The van der Waals surface area contributed by atoms with Crippen LogP contribution in [0.5, 0.6) is 5.75 Å². The smallest absolute Gasteiger partial charge is 0.319 e. The summed E-state index contributed by atoms with van der Waals surface area (Å²) in [5.41, 5.74) is 0.525. The van der Waals surface area contributed by atoms with Gasteiger partial charge in [-0.05, 0) is 30.7 Å². The van der Waals surface area contributed by atoms with Crippen LogP contribution in [0.4, 0.5) is 0 Å². The molecule has 0 spiro atoms. The minimum Gasteiger partial charge on any atom is -0.426 e. The van der Waals surface area contributed by atoms with Crippen LogP contribution in [0.1, 0.15) is 25.3 Å². The minimum absolute atomic E-state index is 0.209. The lowest BCUT2D eigenvalue weighted by atomic mass is 10.1. The molecule has 1 saturated heterocycles. The van der Waals surface area contributed by atoms with Crippen molar-refractivity contribution < 1.29 is 19.0 Å². The molecular weight excluding hydrogens is 258 g/mol. The number of rotatable bonds is 4. The van der Waals surface area contributed by atoms with Crippen LogP contribution < -0.4 is 4.74 Å². The number of ether oxygens (including phenoxy) is 3. The third kappa shape index (κ3) is 3.80. The number of nitrogens with zero attached hydrogens (tertiary/aromatic N) is 1. The first kappa shape index (κ1) is 14.5. The molecule has 1 fully saturated rings. The Balaban J connectivity index is 1.84. The van der Waals surface area contributed by atoms with E-state index < -0.39 is 5.92 Å². The van der Waals surface area contributed by atoms with Crippen molar-refractivity contribution in [1.82, 2.24) is 0 Å². The minimum atomic E-state index is -0.404. The van der Waals surface area contributed by atoms with Gasteiger partial charge in [0, 0.05) is 0 Å². The van der Waals surface area contributed by atoms with Crippen molar-refractivity contribution in [3.63, 3.8) is 0 Å². The predicted octanol–water partition coefficient (Wildman–Crippen LogP) is 2.25. The molecule has 1 heterocycles. The zero-order valence-electron chi connectivity index (χ0n) is 11.4. The van der Waals surface area contributed by atoms with Crippen LogP contribution in [-0.2, 0) is 14.3 Å². The second-order valence-corrected chi connectivity index (χ2v) is 4.64. The fraction of sp³-hybridized carbons (Fsp3) is 0.467. The number of carbonyl (C=O) groups is 1. The Bertz CT molecular complexity index is 484. The summed E-state index contributed by atoms with van der Waals surface area (Å²) in [7, 11) is 0. The van der Waals surface area contributed by atoms with Gasteiger partial charge in [0.2, 0.25) is 0 Å². The Morgan fingerprint density at radius 1 is 1.35 bits per heavy atom. The number of hydrogen-bond donors (Lipinski definition) is 0. The van der Waals surface area contributed by atoms with Crippen LogP contribution in [0.2, 0.25) is 0 Å². The molecule has 1 aromatic carbocycles. The Morgan fingerprint density at radius 3 is 2.55 bits per heavy atom. The van der Waals surface area contributed by atoms with Crippen LogP contribution in [0.25, 0.3) is 0 Å². The van der Waals surface area contributed by atoms with Gasteiger partial charge >= 0.3 is 5.97 Å². The highest BCUT2D eigenvalue weighted by Crippen LogP contribution is 2.18. The van der Waals surface area contributed by atoms with E-state index in [0.717, 1.165) is 12.8 Å². The Hall–Kier alpha value is -1.90. The third-order valence-electron chi connectivity index (χ3n) is 3.03. The summed E-state index contributed by atoms with van der Waals surface area (Å²) >= 11 is 0. The van der Waals surface area contributed by atoms with E-state index >= 15 is 0 Å². The second-order valence-electron chi connectivity index (χ2n) is 4.64. The SMILES string of the molecule is CCC[C@H]1OC[C@H](C(=O)Oc2ccc(C#N)cc2)CO1. The van der Waals surface area contributed by atoms with E-state index in [1.54, 1.807) is 24.3 Å². The van der Waals surface area contributed by atoms with Crippen LogP contribution >= 0.6 is 0 Å². The molecule has 0 amide bonds. The lowest BCUT2D eigenvalue weighted by molar-refractivity contribution is -0.208. The Labute approximate surface area is 118 Å². The predicted molar refractivity (Wildman–Crippen MR) is 70.9 cm³/mol. The molecule has 0 aromatic heterocycles. The number of carbonyl (C=O) groups excluding carboxylic acids is 1. The average molecular weight is 275 g/mol. The summed E-state index contributed by atoms with van der Waals surface area (Å²) in [4.78, 5) is 11.9. The molecule has 0 atom stereocenters. The molecule has 106 valence electrons. The molecule has 0 unspecified atom stereocenters. The molecule has 0 saturated carbocycles. The van der Waals surface area contributed by atoms with Gasteiger partial charge in [-0.2, -0.15) is 5.26 Å². The molecule has 1 aromatic rings. The maximum Gasteiger partial charge on any atom is 0.319 e. The standard InChI is InChI=1S/C15H17NO4/c1-2-3-14-18-9-12(10-19-14)15(17)20-13-6-4-11(8-16)5-7-13/h4-7,12,14H,2-3,9-10H2,1H3/t12-,14-. The lowest BCUT2D eigenvalue weighted by Gasteiger charge is -2.27. The van der Waals surface area contributed by atoms with E-state index in [1.165, 1.54) is 0 Å². The summed E-state index contributed by atoms with van der Waals surface area (Å²) < 4.78 is 16.2. The molecule has 0 aliphatic carbocycles. The van der Waals surface area contributed by atoms with E-state index in [9.17, 15) is 4.79 Å². The fourth-order valence-corrected chi connectivity index (χ4v) is 1.88. The highest BCUT2D eigenvalue weighted by molar-refractivity contribution is 5.75. The zero-order chi connectivity index (χ0) is 14.4. The molecule has 0 bridgehead atoms. The van der Waals surface area contributed by atoms with Crippen LogP contribution in [0.3, 0.4) is 0 Å². The van der Waals surface area contributed by atoms with Crippen LogP contribution in [0, 0.1) is 17.2 Å². The molecule has 0 N–H and O–H groups in total. The van der Waals surface area contributed by atoms with E-state index in [-0.39, 0.29) is 12.3 Å². The van der Waals surface area contributed by atoms with Gasteiger partial charge in [-0.15, -0.1) is 0 Å². The highest BCUT2D eigenvalue weighted by atomic mass is 16.7. The van der Waals surface area contributed by atoms with E-state index in [0.29, 0.717) is 24.5 Å². The van der Waals surface area contributed by atoms with Gasteiger partial charge in [-0.1, -0.05) is 13.3 Å². The number of nitriles is 1. The van der Waals surface area contributed by atoms with Crippen molar-refractivity contribution >= 4 is 5.97 Å². The maximum atomic E-state index is 11.9. The Morgan fingerprint density at radius 2 is 2.00 bits per heavy atom. The first-order chi connectivity index (χ1) is 9.72. The number of esters is 1. The van der Waals surface area contributed by atoms with Gasteiger partial charge in [0.25, 0.3) is 0 Å². The fourth-order valence-electron chi connectivity index (χ4n) is 1.88. The maximum absolute atomic E-state index is 11.9. The van der Waals surface area contributed by atoms with Gasteiger partial charge in [0.05, 0.1) is 24.8 Å². The normalized spacial score (nSPS) is 22.0. The van der Waals surface area contributed by atoms with Crippen molar-refractivity contribution in [1.29, 1.82) is 5.26 Å². The summed E-state index contributed by atoms with van der Waals surface area (Å²) in [6, 6.07) is 8.41. The number of benzene rings is 1. The summed E-state index contributed by atoms with van der Waals surface area (Å²) in [6.07, 6.45) is 1.60. The quantitative estimate of drug-likeness (QED) is 0.622. The summed E-state index contributed by atoms with van der Waals surface area (Å²) in [5.74, 6) is -0.354. The first-order valence-electron chi connectivity index (χ1n) is 6.68. The van der Waals surface area contributed by atoms with E-state index in [4.69, 9.17) is 19.5 Å². The van der Waals surface area contributed by atoms with Crippen molar-refractivity contribution in [3.8, 4) is 11.8 Å². The average Bonchev–Trinajstić information content (AvgIpc) is 2.49. The topological polar surface area (TPSA) is 68.5 Å². The lowest BCUT2D eigenvalue weighted by Crippen LogP contribution is -2.38. The molecule has 2 rings (SSSR count). The first-order valence-corrected chi connectivity index (χ1v) is 6.68. The van der Waals surface area contributed by atoms with Crippen LogP contribution in [-0.4, -0.2) is 25.5 Å². The zero-order valence-corrected chi connectivity index (χ0v) is 11.4. The summed E-state index contributed by atoms with van der Waals surface area (Å²) in [6.45, 7) is 2.69. The second kappa shape index (κ2) is 7.04. The van der Waals surface area contributed by atoms with Gasteiger partial charge in [0.1, 0.15) is 11.7 Å². The van der Waals surface area contributed by atoms with Crippen LogP contribution in [0.15, 0.2) is 24.3 Å². The largest absolute Gasteiger partial charge is 0.426 e. The molecule has 5 nitrogen and oxygen atoms in total. The molecular formula is C15H17NO4. The van der Waals surface area contributed by atoms with Crippen molar-refractivity contribution in [2.24, 2.45) is 5.92 Å². The molecule has 0 radical (unpaired) electrons. The van der Waals surface area contributed by atoms with E-state index in [1.807, 2.05) is 6.07 Å². The van der Waals surface area contributed by atoms with Crippen molar-refractivity contribution in [3.05, 3.63) is 29.8 Å². The van der Waals surface area contributed by atoms with Gasteiger partial charge < -0.3 is 14.2 Å². The van der Waals surface area contributed by atoms with Gasteiger partial charge in [-0.25, -0.2) is 0 Å². The Kier molecular flexibility index (Phi) is 5.10. The molecule has 5 heteroatoms. The van der Waals surface area contributed by atoms with Crippen molar-refractivity contribution in [2.45, 2.75) is 26.1 Å². The highest BCUT2D eigenvalue weighted by Gasteiger charge is 2.28. The monoisotopic (exact) mass is 275 g/mol.